The van der Waals surface area contributed by atoms with E-state index in [9.17, 15) is 14.9 Å². The summed E-state index contributed by atoms with van der Waals surface area (Å²) in [6.45, 7) is 4.36. The van der Waals surface area contributed by atoms with Gasteiger partial charge in [0.25, 0.3) is 5.91 Å². The van der Waals surface area contributed by atoms with Crippen molar-refractivity contribution in [2.45, 2.75) is 33.2 Å². The highest BCUT2D eigenvalue weighted by molar-refractivity contribution is 5.97. The van der Waals surface area contributed by atoms with Crippen molar-refractivity contribution in [3.63, 3.8) is 0 Å². The Morgan fingerprint density at radius 1 is 1.15 bits per heavy atom. The number of hydrogen-bond acceptors (Lipinski definition) is 7. The second kappa shape index (κ2) is 10.5. The van der Waals surface area contributed by atoms with Crippen LogP contribution in [0.1, 0.15) is 26.7 Å². The standard InChI is InChI=1S/C29H29N7O3/c1-29(2,16-32-27(37)20(15-30)14-19-8-9-19)17-35-26-24(25(31)33-18-34-26)36(28(35)38)21-10-12-23(13-11-21)39-22-6-4-3-5-7-22/h3-7,10-14,18-19H,8-9,16-17H2,1-2H3,(H,32,37)(H2,31,33,34)/b20-14-. The third-order valence-electron chi connectivity index (χ3n) is 6.51. The maximum atomic E-state index is 13.7. The molecule has 2 aromatic heterocycles. The van der Waals surface area contributed by atoms with E-state index in [0.29, 0.717) is 34.3 Å². The lowest BCUT2D eigenvalue weighted by Gasteiger charge is -2.25. The average Bonchev–Trinajstić information content (AvgIpc) is 3.71. The minimum Gasteiger partial charge on any atom is -0.457 e. The van der Waals surface area contributed by atoms with E-state index in [2.05, 4.69) is 15.3 Å². The number of imidazole rings is 1. The van der Waals surface area contributed by atoms with Crippen molar-refractivity contribution in [3.8, 4) is 23.3 Å². The van der Waals surface area contributed by atoms with Crippen LogP contribution in [0.5, 0.6) is 11.5 Å². The van der Waals surface area contributed by atoms with Gasteiger partial charge in [0.2, 0.25) is 0 Å². The minimum atomic E-state index is -0.550. The van der Waals surface area contributed by atoms with Crippen molar-refractivity contribution < 1.29 is 9.53 Å². The number of nitrogen functional groups attached to an aromatic ring is 1. The van der Waals surface area contributed by atoms with Gasteiger partial charge in [-0.3, -0.25) is 13.9 Å². The molecule has 0 bridgehead atoms. The van der Waals surface area contributed by atoms with Crippen molar-refractivity contribution in [2.24, 2.45) is 11.3 Å². The Hall–Kier alpha value is -4.91. The van der Waals surface area contributed by atoms with E-state index >= 15 is 0 Å². The lowest BCUT2D eigenvalue weighted by molar-refractivity contribution is -0.117. The zero-order valence-corrected chi connectivity index (χ0v) is 21.8. The van der Waals surface area contributed by atoms with Gasteiger partial charge in [0.1, 0.15) is 35.0 Å². The molecule has 0 unspecified atom stereocenters. The number of amides is 1. The third-order valence-corrected chi connectivity index (χ3v) is 6.51. The van der Waals surface area contributed by atoms with E-state index in [1.165, 1.54) is 10.9 Å². The van der Waals surface area contributed by atoms with E-state index in [0.717, 1.165) is 12.8 Å². The van der Waals surface area contributed by atoms with Crippen molar-refractivity contribution in [1.29, 1.82) is 5.26 Å². The van der Waals surface area contributed by atoms with Crippen molar-refractivity contribution in [1.82, 2.24) is 24.4 Å². The Morgan fingerprint density at radius 2 is 1.85 bits per heavy atom. The van der Waals surface area contributed by atoms with E-state index in [1.807, 2.05) is 50.2 Å². The largest absolute Gasteiger partial charge is 0.457 e. The Kier molecular flexibility index (Phi) is 6.90. The summed E-state index contributed by atoms with van der Waals surface area (Å²) in [5, 5.41) is 12.2. The predicted molar refractivity (Wildman–Crippen MR) is 147 cm³/mol. The van der Waals surface area contributed by atoms with Gasteiger partial charge < -0.3 is 15.8 Å². The van der Waals surface area contributed by atoms with Gasteiger partial charge in [-0.1, -0.05) is 38.1 Å². The van der Waals surface area contributed by atoms with Crippen LogP contribution >= 0.6 is 0 Å². The summed E-state index contributed by atoms with van der Waals surface area (Å²) < 4.78 is 8.90. The summed E-state index contributed by atoms with van der Waals surface area (Å²) in [6, 6.07) is 18.5. The molecular weight excluding hydrogens is 494 g/mol. The molecule has 1 aliphatic carbocycles. The molecule has 0 spiro atoms. The summed E-state index contributed by atoms with van der Waals surface area (Å²) in [4.78, 5) is 34.8. The summed E-state index contributed by atoms with van der Waals surface area (Å²) >= 11 is 0. The number of fused-ring (bicyclic) bond motifs is 1. The molecule has 0 atom stereocenters. The smallest absolute Gasteiger partial charge is 0.335 e. The first-order chi connectivity index (χ1) is 18.8. The van der Waals surface area contributed by atoms with Gasteiger partial charge >= 0.3 is 5.69 Å². The zero-order chi connectivity index (χ0) is 27.6. The van der Waals surface area contributed by atoms with E-state index in [4.69, 9.17) is 10.5 Å². The zero-order valence-electron chi connectivity index (χ0n) is 21.8. The molecule has 0 radical (unpaired) electrons. The van der Waals surface area contributed by atoms with Crippen LogP contribution in [-0.4, -0.2) is 31.6 Å². The number of allylic oxidation sites excluding steroid dienone is 1. The number of nitrogens with zero attached hydrogens (tertiary/aromatic N) is 5. The van der Waals surface area contributed by atoms with Crippen molar-refractivity contribution in [2.75, 3.05) is 12.3 Å². The first kappa shape index (κ1) is 25.7. The predicted octanol–water partition coefficient (Wildman–Crippen LogP) is 3.96. The van der Waals surface area contributed by atoms with E-state index < -0.39 is 11.3 Å². The molecule has 2 heterocycles. The molecule has 5 rings (SSSR count). The highest BCUT2D eigenvalue weighted by atomic mass is 16.5. The second-order valence-corrected chi connectivity index (χ2v) is 10.4. The van der Waals surface area contributed by atoms with Crippen LogP contribution in [0.15, 0.2) is 77.4 Å². The monoisotopic (exact) mass is 523 g/mol. The molecule has 1 saturated carbocycles. The molecular formula is C29H29N7O3. The van der Waals surface area contributed by atoms with Gasteiger partial charge in [-0.05, 0) is 55.2 Å². The molecule has 198 valence electrons. The maximum absolute atomic E-state index is 13.7. The summed E-state index contributed by atoms with van der Waals surface area (Å²) in [6.07, 6.45) is 5.07. The Bertz CT molecular complexity index is 1640. The lowest BCUT2D eigenvalue weighted by Crippen LogP contribution is -2.39. The van der Waals surface area contributed by atoms with Crippen LogP contribution in [0.25, 0.3) is 16.9 Å². The molecule has 4 aromatic rings. The molecule has 2 aromatic carbocycles. The summed E-state index contributed by atoms with van der Waals surface area (Å²) in [7, 11) is 0. The number of anilines is 1. The fourth-order valence-corrected chi connectivity index (χ4v) is 4.33. The van der Waals surface area contributed by atoms with Crippen LogP contribution in [0, 0.1) is 22.7 Å². The quantitative estimate of drug-likeness (QED) is 0.250. The van der Waals surface area contributed by atoms with Gasteiger partial charge in [-0.15, -0.1) is 0 Å². The van der Waals surface area contributed by atoms with Crippen LogP contribution in [-0.2, 0) is 11.3 Å². The Balaban J connectivity index is 1.41. The first-order valence-electron chi connectivity index (χ1n) is 12.7. The molecule has 3 N–H and O–H groups in total. The number of carbonyl (C=O) groups excluding carboxylic acids is 1. The number of nitriles is 1. The van der Waals surface area contributed by atoms with Gasteiger partial charge in [0, 0.05) is 18.5 Å². The van der Waals surface area contributed by atoms with Gasteiger partial charge in [0.15, 0.2) is 11.5 Å². The lowest BCUT2D eigenvalue weighted by atomic mass is 9.93. The summed E-state index contributed by atoms with van der Waals surface area (Å²) in [5.74, 6) is 1.41. The molecule has 1 fully saturated rings. The number of benzene rings is 2. The average molecular weight is 524 g/mol. The number of nitrogens with two attached hydrogens (primary N) is 1. The van der Waals surface area contributed by atoms with Gasteiger partial charge in [-0.25, -0.2) is 14.8 Å². The van der Waals surface area contributed by atoms with Gasteiger partial charge in [-0.2, -0.15) is 5.26 Å². The second-order valence-electron chi connectivity index (χ2n) is 10.4. The number of rotatable bonds is 9. The van der Waals surface area contributed by atoms with Crippen molar-refractivity contribution in [3.05, 3.63) is 83.1 Å². The Morgan fingerprint density at radius 3 is 2.51 bits per heavy atom. The molecule has 0 saturated heterocycles. The third kappa shape index (κ3) is 5.67. The molecule has 10 heteroatoms. The fraction of sp³-hybridized carbons (Fsp3) is 0.276. The van der Waals surface area contributed by atoms with Crippen LogP contribution in [0.4, 0.5) is 5.82 Å². The van der Waals surface area contributed by atoms with Crippen LogP contribution < -0.4 is 21.5 Å². The number of hydrogen-bond donors (Lipinski definition) is 2. The molecule has 1 amide bonds. The normalized spacial score (nSPS) is 13.7. The minimum absolute atomic E-state index is 0.127. The highest BCUT2D eigenvalue weighted by Crippen LogP contribution is 2.31. The number of nitrogens with one attached hydrogen (secondary N) is 1. The van der Waals surface area contributed by atoms with Gasteiger partial charge in [0.05, 0.1) is 5.69 Å². The van der Waals surface area contributed by atoms with Crippen LogP contribution in [0.3, 0.4) is 0 Å². The number of aromatic nitrogens is 4. The van der Waals surface area contributed by atoms with E-state index in [1.54, 1.807) is 34.9 Å². The molecule has 10 nitrogen and oxygen atoms in total. The topological polar surface area (TPSA) is 141 Å². The number of para-hydroxylation sites is 1. The first-order valence-corrected chi connectivity index (χ1v) is 12.7. The van der Waals surface area contributed by atoms with Crippen LogP contribution in [0.2, 0.25) is 0 Å². The molecule has 0 aliphatic heterocycles. The van der Waals surface area contributed by atoms with Crippen molar-refractivity contribution >= 4 is 22.9 Å². The SMILES string of the molecule is CC(C)(CNC(=O)/C(C#N)=C\C1CC1)Cn1c(=O)n(-c2ccc(Oc3ccccc3)cc2)c2c(N)ncnc21. The number of carbonyl (C=O) groups is 1. The number of ether oxygens (including phenoxy) is 1. The summed E-state index contributed by atoms with van der Waals surface area (Å²) in [5.41, 5.74) is 6.84. The fourth-order valence-electron chi connectivity index (χ4n) is 4.33. The highest BCUT2D eigenvalue weighted by Gasteiger charge is 2.27. The van der Waals surface area contributed by atoms with E-state index in [-0.39, 0.29) is 30.2 Å². The Labute approximate surface area is 225 Å². The maximum Gasteiger partial charge on any atom is 0.335 e. The molecule has 1 aliphatic rings. The molecule has 39 heavy (non-hydrogen) atoms.